The highest BCUT2D eigenvalue weighted by Gasteiger charge is 2.33. The van der Waals surface area contributed by atoms with Gasteiger partial charge in [-0.2, -0.15) is 0 Å². The standard InChI is InChI=1S/C28H27NO4S2/c1-4-31-25-17-21(18-26-27(30)29(28(34)35-26)22-8-6-5-7-9-22)10-11-24(25)33-13-12-32-23-15-19(2)14-20(3)16-23/h5-11,14-18H,4,12-13H2,1-3H3. The zero-order valence-electron chi connectivity index (χ0n) is 19.9. The summed E-state index contributed by atoms with van der Waals surface area (Å²) in [5.41, 5.74) is 3.92. The summed E-state index contributed by atoms with van der Waals surface area (Å²) >= 11 is 6.75. The third-order valence-electron chi connectivity index (χ3n) is 5.18. The molecule has 0 bridgehead atoms. The summed E-state index contributed by atoms with van der Waals surface area (Å²) in [4.78, 5) is 15.1. The summed E-state index contributed by atoms with van der Waals surface area (Å²) in [6.45, 7) is 7.30. The van der Waals surface area contributed by atoms with E-state index in [-0.39, 0.29) is 5.91 Å². The van der Waals surface area contributed by atoms with Crippen LogP contribution >= 0.6 is 24.0 Å². The van der Waals surface area contributed by atoms with Gasteiger partial charge in [-0.1, -0.05) is 54.3 Å². The van der Waals surface area contributed by atoms with Crippen LogP contribution in [0.2, 0.25) is 0 Å². The fourth-order valence-electron chi connectivity index (χ4n) is 3.75. The van der Waals surface area contributed by atoms with E-state index >= 15 is 0 Å². The number of thiocarbonyl (C=S) groups is 1. The number of hydrogen-bond donors (Lipinski definition) is 0. The topological polar surface area (TPSA) is 48.0 Å². The summed E-state index contributed by atoms with van der Waals surface area (Å²) in [7, 11) is 0. The molecule has 0 aliphatic carbocycles. The number of ether oxygens (including phenoxy) is 3. The average Bonchev–Trinajstić information content (AvgIpc) is 3.10. The van der Waals surface area contributed by atoms with Gasteiger partial charge in [0.1, 0.15) is 19.0 Å². The molecule has 3 aromatic rings. The number of thioether (sulfide) groups is 1. The number of carbonyl (C=O) groups excluding carboxylic acids is 1. The Kier molecular flexibility index (Phi) is 8.10. The van der Waals surface area contributed by atoms with E-state index in [1.54, 1.807) is 4.90 Å². The average molecular weight is 506 g/mol. The zero-order chi connectivity index (χ0) is 24.8. The van der Waals surface area contributed by atoms with Crippen LogP contribution in [0.5, 0.6) is 17.2 Å². The SMILES string of the molecule is CCOc1cc(C=C2SC(=S)N(c3ccccc3)C2=O)ccc1OCCOc1cc(C)cc(C)c1. The van der Waals surface area contributed by atoms with Crippen molar-refractivity contribution in [2.24, 2.45) is 0 Å². The molecule has 1 saturated heterocycles. The van der Waals surface area contributed by atoms with Crippen molar-refractivity contribution < 1.29 is 19.0 Å². The van der Waals surface area contributed by atoms with Crippen molar-refractivity contribution >= 4 is 46.0 Å². The van der Waals surface area contributed by atoms with Crippen LogP contribution in [-0.4, -0.2) is 30.0 Å². The van der Waals surface area contributed by atoms with Gasteiger partial charge in [-0.15, -0.1) is 0 Å². The fraction of sp³-hybridized carbons (Fsp3) is 0.214. The Labute approximate surface area is 215 Å². The van der Waals surface area contributed by atoms with Gasteiger partial charge in [-0.25, -0.2) is 0 Å². The van der Waals surface area contributed by atoms with E-state index in [0.29, 0.717) is 40.5 Å². The number of para-hydroxylation sites is 1. The molecule has 0 atom stereocenters. The molecule has 3 aromatic carbocycles. The lowest BCUT2D eigenvalue weighted by atomic mass is 10.1. The van der Waals surface area contributed by atoms with E-state index < -0.39 is 0 Å². The molecule has 1 heterocycles. The molecule has 0 aromatic heterocycles. The highest BCUT2D eigenvalue weighted by molar-refractivity contribution is 8.27. The van der Waals surface area contributed by atoms with Crippen molar-refractivity contribution in [3.63, 3.8) is 0 Å². The molecule has 1 amide bonds. The number of nitrogens with zero attached hydrogens (tertiary/aromatic N) is 1. The monoisotopic (exact) mass is 505 g/mol. The van der Waals surface area contributed by atoms with E-state index in [0.717, 1.165) is 28.1 Å². The summed E-state index contributed by atoms with van der Waals surface area (Å²) in [5.74, 6) is 1.95. The maximum absolute atomic E-state index is 13.0. The minimum absolute atomic E-state index is 0.131. The first-order chi connectivity index (χ1) is 16.9. The van der Waals surface area contributed by atoms with Crippen molar-refractivity contribution in [2.75, 3.05) is 24.7 Å². The van der Waals surface area contributed by atoms with Crippen LogP contribution in [0.25, 0.3) is 6.08 Å². The Bertz CT molecular complexity index is 1240. The van der Waals surface area contributed by atoms with Gasteiger partial charge >= 0.3 is 0 Å². The molecule has 35 heavy (non-hydrogen) atoms. The van der Waals surface area contributed by atoms with E-state index in [4.69, 9.17) is 26.4 Å². The zero-order valence-corrected chi connectivity index (χ0v) is 21.6. The lowest BCUT2D eigenvalue weighted by Gasteiger charge is -2.14. The second kappa shape index (κ2) is 11.4. The van der Waals surface area contributed by atoms with Gasteiger partial charge in [0.25, 0.3) is 5.91 Å². The summed E-state index contributed by atoms with van der Waals surface area (Å²) < 4.78 is 18.1. The molecule has 0 unspecified atom stereocenters. The van der Waals surface area contributed by atoms with Crippen LogP contribution in [-0.2, 0) is 4.79 Å². The van der Waals surface area contributed by atoms with Crippen LogP contribution in [0, 0.1) is 13.8 Å². The van der Waals surface area contributed by atoms with Crippen molar-refractivity contribution in [3.05, 3.63) is 88.3 Å². The Morgan fingerprint density at radius 1 is 0.886 bits per heavy atom. The highest BCUT2D eigenvalue weighted by Crippen LogP contribution is 2.37. The molecule has 0 radical (unpaired) electrons. The minimum Gasteiger partial charge on any atom is -0.490 e. The van der Waals surface area contributed by atoms with E-state index in [1.807, 2.05) is 87.5 Å². The molecule has 1 aliphatic rings. The Morgan fingerprint density at radius 3 is 2.31 bits per heavy atom. The van der Waals surface area contributed by atoms with Gasteiger partial charge in [-0.05, 0) is 79.9 Å². The number of aryl methyl sites for hydroxylation is 2. The second-order valence-electron chi connectivity index (χ2n) is 8.01. The molecule has 7 heteroatoms. The van der Waals surface area contributed by atoms with Crippen molar-refractivity contribution in [1.29, 1.82) is 0 Å². The second-order valence-corrected chi connectivity index (χ2v) is 9.69. The number of rotatable bonds is 9. The molecular weight excluding hydrogens is 478 g/mol. The Hall–Kier alpha value is -3.29. The molecule has 180 valence electrons. The first-order valence-corrected chi connectivity index (χ1v) is 12.6. The van der Waals surface area contributed by atoms with E-state index in [2.05, 4.69) is 6.07 Å². The number of hydrogen-bond acceptors (Lipinski definition) is 6. The quantitative estimate of drug-likeness (QED) is 0.186. The van der Waals surface area contributed by atoms with Crippen LogP contribution in [0.1, 0.15) is 23.6 Å². The van der Waals surface area contributed by atoms with Gasteiger partial charge in [0.15, 0.2) is 15.8 Å². The Morgan fingerprint density at radius 2 is 1.60 bits per heavy atom. The van der Waals surface area contributed by atoms with Crippen molar-refractivity contribution in [3.8, 4) is 17.2 Å². The predicted octanol–water partition coefficient (Wildman–Crippen LogP) is 6.57. The van der Waals surface area contributed by atoms with Crippen molar-refractivity contribution in [2.45, 2.75) is 20.8 Å². The normalized spacial score (nSPS) is 14.5. The van der Waals surface area contributed by atoms with Gasteiger partial charge < -0.3 is 14.2 Å². The molecule has 0 spiro atoms. The lowest BCUT2D eigenvalue weighted by molar-refractivity contribution is -0.113. The molecule has 5 nitrogen and oxygen atoms in total. The minimum atomic E-state index is -0.131. The van der Waals surface area contributed by atoms with Crippen LogP contribution < -0.4 is 19.1 Å². The first kappa shape index (κ1) is 24.8. The maximum Gasteiger partial charge on any atom is 0.270 e. The van der Waals surface area contributed by atoms with Gasteiger partial charge in [0.2, 0.25) is 0 Å². The number of carbonyl (C=O) groups is 1. The number of anilines is 1. The molecular formula is C28H27NO4S2. The third-order valence-corrected chi connectivity index (χ3v) is 6.48. The number of benzene rings is 3. The molecule has 1 fully saturated rings. The van der Waals surface area contributed by atoms with Crippen LogP contribution in [0.15, 0.2) is 71.6 Å². The maximum atomic E-state index is 13.0. The van der Waals surface area contributed by atoms with Crippen LogP contribution in [0.3, 0.4) is 0 Å². The predicted molar refractivity (Wildman–Crippen MR) is 147 cm³/mol. The first-order valence-electron chi connectivity index (χ1n) is 11.4. The van der Waals surface area contributed by atoms with Gasteiger partial charge in [-0.3, -0.25) is 9.69 Å². The molecule has 4 rings (SSSR count). The van der Waals surface area contributed by atoms with Crippen molar-refractivity contribution in [1.82, 2.24) is 0 Å². The number of amides is 1. The largest absolute Gasteiger partial charge is 0.490 e. The Balaban J connectivity index is 1.43. The van der Waals surface area contributed by atoms with Gasteiger partial charge in [0.05, 0.1) is 17.2 Å². The van der Waals surface area contributed by atoms with E-state index in [1.165, 1.54) is 11.8 Å². The summed E-state index contributed by atoms with van der Waals surface area (Å²) in [6.07, 6.45) is 1.83. The van der Waals surface area contributed by atoms with Gasteiger partial charge in [0, 0.05) is 0 Å². The smallest absolute Gasteiger partial charge is 0.270 e. The summed E-state index contributed by atoms with van der Waals surface area (Å²) in [5, 5.41) is 0. The summed E-state index contributed by atoms with van der Waals surface area (Å²) in [6, 6.07) is 21.2. The molecule has 1 aliphatic heterocycles. The molecule has 0 saturated carbocycles. The lowest BCUT2D eigenvalue weighted by Crippen LogP contribution is -2.27. The highest BCUT2D eigenvalue weighted by atomic mass is 32.2. The fourth-order valence-corrected chi connectivity index (χ4v) is 5.05. The third kappa shape index (κ3) is 6.24. The molecule has 0 N–H and O–H groups in total. The van der Waals surface area contributed by atoms with Crippen LogP contribution in [0.4, 0.5) is 5.69 Å². The van der Waals surface area contributed by atoms with E-state index in [9.17, 15) is 4.79 Å².